The topological polar surface area (TPSA) is 104 Å². The smallest absolute Gasteiger partial charge is 0.200 e. The number of aromatic amines is 1. The maximum Gasteiger partial charge on any atom is 0.200 e. The van der Waals surface area contributed by atoms with Crippen molar-refractivity contribution >= 4 is 29.6 Å². The van der Waals surface area contributed by atoms with Crippen LogP contribution in [0.2, 0.25) is 0 Å². The number of carbonyl (C=O) groups excluding carboxylic acids is 1. The number of fused-ring (bicyclic) bond motifs is 1. The summed E-state index contributed by atoms with van der Waals surface area (Å²) in [7, 11) is 0. The maximum absolute atomic E-state index is 13.0. The van der Waals surface area contributed by atoms with Gasteiger partial charge in [-0.05, 0) is 41.7 Å². The Bertz CT molecular complexity index is 1010. The Hall–Kier alpha value is -2.67. The van der Waals surface area contributed by atoms with E-state index in [1.807, 2.05) is 12.1 Å². The SMILES string of the molecule is CC1(C)CC(=O)C2=C(C1)Nc1nc(=S)[nH]c(N)c1C2c1ccc(O)cc1. The van der Waals surface area contributed by atoms with Gasteiger partial charge in [-0.25, -0.2) is 4.98 Å². The number of hydrogen-bond acceptors (Lipinski definition) is 6. The van der Waals surface area contributed by atoms with Crippen molar-refractivity contribution in [1.82, 2.24) is 9.97 Å². The van der Waals surface area contributed by atoms with Gasteiger partial charge < -0.3 is 21.1 Å². The Morgan fingerprint density at radius 2 is 1.96 bits per heavy atom. The molecule has 4 rings (SSSR count). The van der Waals surface area contributed by atoms with Crippen LogP contribution in [0.1, 0.15) is 43.7 Å². The standard InChI is InChI=1S/C19H20N4O2S/c1-19(2)7-11-14(12(25)8-19)13(9-3-5-10(24)6-4-9)15-16(20)22-18(26)23-17(15)21-11/h3-6,13,24H,7-8H2,1-2H3,(H4,20,21,22,23,26). The Labute approximate surface area is 156 Å². The second kappa shape index (κ2) is 5.67. The number of nitrogens with one attached hydrogen (secondary N) is 2. The van der Waals surface area contributed by atoms with Crippen molar-refractivity contribution < 1.29 is 9.90 Å². The number of phenols is 1. The monoisotopic (exact) mass is 368 g/mol. The van der Waals surface area contributed by atoms with Crippen molar-refractivity contribution in [2.45, 2.75) is 32.6 Å². The average Bonchev–Trinajstić information content (AvgIpc) is 2.52. The van der Waals surface area contributed by atoms with E-state index < -0.39 is 0 Å². The Morgan fingerprint density at radius 3 is 2.65 bits per heavy atom. The molecule has 1 aromatic carbocycles. The zero-order valence-corrected chi connectivity index (χ0v) is 15.4. The van der Waals surface area contributed by atoms with Crippen molar-refractivity contribution in [3.63, 3.8) is 0 Å². The summed E-state index contributed by atoms with van der Waals surface area (Å²) in [6.07, 6.45) is 1.22. The van der Waals surface area contributed by atoms with Crippen LogP contribution in [0.5, 0.6) is 5.75 Å². The normalized spacial score (nSPS) is 21.0. The number of rotatable bonds is 1. The molecule has 5 N–H and O–H groups in total. The molecule has 26 heavy (non-hydrogen) atoms. The lowest BCUT2D eigenvalue weighted by Gasteiger charge is -2.39. The van der Waals surface area contributed by atoms with Crippen LogP contribution in [-0.2, 0) is 4.79 Å². The van der Waals surface area contributed by atoms with Crippen LogP contribution in [0.4, 0.5) is 11.6 Å². The molecule has 0 amide bonds. The molecule has 1 atom stereocenters. The van der Waals surface area contributed by atoms with Crippen molar-refractivity contribution in [3.05, 3.63) is 51.4 Å². The number of ketones is 1. The number of H-pyrrole nitrogens is 1. The summed E-state index contributed by atoms with van der Waals surface area (Å²) in [5.74, 6) is 0.925. The van der Waals surface area contributed by atoms with Crippen molar-refractivity contribution in [3.8, 4) is 5.75 Å². The third-order valence-corrected chi connectivity index (χ3v) is 5.19. The lowest BCUT2D eigenvalue weighted by molar-refractivity contribution is -0.118. The van der Waals surface area contributed by atoms with Crippen LogP contribution in [0.3, 0.4) is 0 Å². The first kappa shape index (κ1) is 16.8. The summed E-state index contributed by atoms with van der Waals surface area (Å²) >= 11 is 5.17. The molecule has 1 aromatic heterocycles. The molecule has 2 aliphatic rings. The number of anilines is 2. The second-order valence-corrected chi connectivity index (χ2v) is 8.09. The van der Waals surface area contributed by atoms with Crippen molar-refractivity contribution in [2.75, 3.05) is 11.1 Å². The first-order valence-corrected chi connectivity index (χ1v) is 8.88. The largest absolute Gasteiger partial charge is 0.508 e. The third kappa shape index (κ3) is 2.68. The summed E-state index contributed by atoms with van der Waals surface area (Å²) < 4.78 is 0.295. The van der Waals surface area contributed by atoms with Crippen molar-refractivity contribution in [2.24, 2.45) is 5.41 Å². The van der Waals surface area contributed by atoms with E-state index >= 15 is 0 Å². The minimum atomic E-state index is -0.343. The predicted molar refractivity (Wildman–Crippen MR) is 102 cm³/mol. The van der Waals surface area contributed by atoms with Crippen LogP contribution in [0.25, 0.3) is 0 Å². The fourth-order valence-corrected chi connectivity index (χ4v) is 4.16. The number of aromatic nitrogens is 2. The van der Waals surface area contributed by atoms with Gasteiger partial charge in [0.2, 0.25) is 0 Å². The number of allylic oxidation sites excluding steroid dienone is 2. The quantitative estimate of drug-likeness (QED) is 0.573. The molecular weight excluding hydrogens is 348 g/mol. The Kier molecular flexibility index (Phi) is 3.66. The minimum Gasteiger partial charge on any atom is -0.508 e. The fraction of sp³-hybridized carbons (Fsp3) is 0.316. The molecule has 2 aromatic rings. The minimum absolute atomic E-state index is 0.106. The van der Waals surface area contributed by atoms with Crippen LogP contribution in [-0.4, -0.2) is 20.9 Å². The van der Waals surface area contributed by atoms with Gasteiger partial charge in [0.05, 0.1) is 0 Å². The van der Waals surface area contributed by atoms with Crippen molar-refractivity contribution in [1.29, 1.82) is 0 Å². The van der Waals surface area contributed by atoms with Crippen LogP contribution < -0.4 is 11.1 Å². The molecule has 0 fully saturated rings. The van der Waals surface area contributed by atoms with E-state index in [9.17, 15) is 9.90 Å². The summed E-state index contributed by atoms with van der Waals surface area (Å²) in [5, 5.41) is 13.0. The number of carbonyl (C=O) groups is 1. The number of nitrogens with two attached hydrogens (primary N) is 1. The zero-order chi connectivity index (χ0) is 18.6. The Balaban J connectivity index is 1.98. The van der Waals surface area contributed by atoms with E-state index in [1.54, 1.807) is 12.1 Å². The number of nitrogen functional groups attached to an aromatic ring is 1. The van der Waals surface area contributed by atoms with Gasteiger partial charge in [-0.1, -0.05) is 26.0 Å². The van der Waals surface area contributed by atoms with Gasteiger partial charge in [0.25, 0.3) is 0 Å². The number of nitrogens with zero attached hydrogens (tertiary/aromatic N) is 1. The highest BCUT2D eigenvalue weighted by Gasteiger charge is 2.42. The highest BCUT2D eigenvalue weighted by atomic mass is 32.1. The van der Waals surface area contributed by atoms with Gasteiger partial charge in [-0.2, -0.15) is 0 Å². The van der Waals surface area contributed by atoms with Crippen LogP contribution in [0.15, 0.2) is 35.5 Å². The molecule has 6 nitrogen and oxygen atoms in total. The number of benzene rings is 1. The van der Waals surface area contributed by atoms with Crippen LogP contribution in [0, 0.1) is 10.2 Å². The lowest BCUT2D eigenvalue weighted by atomic mass is 9.69. The Morgan fingerprint density at radius 1 is 1.27 bits per heavy atom. The summed E-state index contributed by atoms with van der Waals surface area (Å²) in [4.78, 5) is 20.3. The summed E-state index contributed by atoms with van der Waals surface area (Å²) in [6, 6.07) is 6.86. The third-order valence-electron chi connectivity index (χ3n) is 4.99. The van der Waals surface area contributed by atoms with E-state index in [4.69, 9.17) is 18.0 Å². The highest BCUT2D eigenvalue weighted by Crippen LogP contribution is 2.49. The second-order valence-electron chi connectivity index (χ2n) is 7.70. The van der Waals surface area contributed by atoms with E-state index in [2.05, 4.69) is 29.1 Å². The molecule has 1 aliphatic carbocycles. The molecule has 0 spiro atoms. The molecular formula is C19H20N4O2S. The van der Waals surface area contributed by atoms with Gasteiger partial charge in [-0.15, -0.1) is 0 Å². The highest BCUT2D eigenvalue weighted by molar-refractivity contribution is 7.71. The molecule has 0 saturated heterocycles. The number of hydrogen-bond donors (Lipinski definition) is 4. The molecule has 134 valence electrons. The number of aromatic hydroxyl groups is 1. The number of Topliss-reactive ketones (excluding diaryl/α,β-unsaturated/α-hetero) is 1. The van der Waals surface area contributed by atoms with Gasteiger partial charge in [-0.3, -0.25) is 4.79 Å². The molecule has 0 saturated carbocycles. The predicted octanol–water partition coefficient (Wildman–Crippen LogP) is 3.63. The van der Waals surface area contributed by atoms with Crippen LogP contribution >= 0.6 is 12.2 Å². The van der Waals surface area contributed by atoms with E-state index in [0.29, 0.717) is 22.8 Å². The van der Waals surface area contributed by atoms with Gasteiger partial charge in [0.15, 0.2) is 10.6 Å². The van der Waals surface area contributed by atoms with E-state index in [-0.39, 0.29) is 22.9 Å². The molecule has 2 heterocycles. The fourth-order valence-electron chi connectivity index (χ4n) is 3.96. The van der Waals surface area contributed by atoms with Gasteiger partial charge in [0, 0.05) is 29.2 Å². The molecule has 1 aliphatic heterocycles. The first-order valence-electron chi connectivity index (χ1n) is 8.47. The van der Waals surface area contributed by atoms with Gasteiger partial charge in [0.1, 0.15) is 17.4 Å². The zero-order valence-electron chi connectivity index (χ0n) is 14.6. The molecule has 7 heteroatoms. The molecule has 1 unspecified atom stereocenters. The van der Waals surface area contributed by atoms with Gasteiger partial charge >= 0.3 is 0 Å². The average molecular weight is 368 g/mol. The first-order chi connectivity index (χ1) is 12.2. The maximum atomic E-state index is 13.0. The molecule has 0 bridgehead atoms. The summed E-state index contributed by atoms with van der Waals surface area (Å²) in [5.41, 5.74) is 9.31. The lowest BCUT2D eigenvalue weighted by Crippen LogP contribution is -2.34. The number of phenolic OH excluding ortho intramolecular Hbond substituents is 1. The van der Waals surface area contributed by atoms with E-state index in [0.717, 1.165) is 28.8 Å². The van der Waals surface area contributed by atoms with E-state index in [1.165, 1.54) is 0 Å². The molecule has 0 radical (unpaired) electrons. The summed E-state index contributed by atoms with van der Waals surface area (Å²) in [6.45, 7) is 4.17.